The zero-order valence-corrected chi connectivity index (χ0v) is 14.9. The highest BCUT2D eigenvalue weighted by atomic mass is 35.5. The lowest BCUT2D eigenvalue weighted by Crippen LogP contribution is -2.14. The summed E-state index contributed by atoms with van der Waals surface area (Å²) in [7, 11) is 0. The van der Waals surface area contributed by atoms with E-state index < -0.39 is 6.09 Å². The summed E-state index contributed by atoms with van der Waals surface area (Å²) >= 11 is 6.09. The van der Waals surface area contributed by atoms with E-state index in [4.69, 9.17) is 16.3 Å². The predicted octanol–water partition coefficient (Wildman–Crippen LogP) is 3.69. The van der Waals surface area contributed by atoms with Gasteiger partial charge in [0.2, 0.25) is 5.95 Å². The van der Waals surface area contributed by atoms with Crippen molar-refractivity contribution < 1.29 is 9.53 Å². The maximum Gasteiger partial charge on any atom is 0.413 e. The van der Waals surface area contributed by atoms with E-state index in [1.165, 1.54) is 0 Å². The van der Waals surface area contributed by atoms with Crippen LogP contribution in [0.1, 0.15) is 6.92 Å². The number of anilines is 1. The summed E-state index contributed by atoms with van der Waals surface area (Å²) in [5.74, 6) is 0.280. The molecular formula is C18H14ClN5O3. The zero-order valence-electron chi connectivity index (χ0n) is 14.2. The summed E-state index contributed by atoms with van der Waals surface area (Å²) in [5, 5.41) is 10.9. The smallest absolute Gasteiger partial charge is 0.413 e. The van der Waals surface area contributed by atoms with Crippen molar-refractivity contribution >= 4 is 45.4 Å². The van der Waals surface area contributed by atoms with Gasteiger partial charge in [-0.2, -0.15) is 5.10 Å². The summed E-state index contributed by atoms with van der Waals surface area (Å²) in [5.41, 5.74) is 2.43. The molecule has 2 heterocycles. The molecule has 0 radical (unpaired) electrons. The second-order valence-corrected chi connectivity index (χ2v) is 6.19. The molecule has 1 amide bonds. The van der Waals surface area contributed by atoms with E-state index in [2.05, 4.69) is 25.5 Å². The van der Waals surface area contributed by atoms with Crippen LogP contribution in [0.3, 0.4) is 0 Å². The predicted molar refractivity (Wildman–Crippen MR) is 103 cm³/mol. The Bertz CT molecular complexity index is 1230. The first-order valence-corrected chi connectivity index (χ1v) is 8.55. The number of amides is 1. The number of hydrogen-bond acceptors (Lipinski definition) is 5. The van der Waals surface area contributed by atoms with Crippen LogP contribution in [0.4, 0.5) is 10.7 Å². The lowest BCUT2D eigenvalue weighted by Gasteiger charge is -2.05. The largest absolute Gasteiger partial charge is 0.450 e. The third-order valence-electron chi connectivity index (χ3n) is 4.00. The van der Waals surface area contributed by atoms with Crippen LogP contribution < -0.4 is 10.9 Å². The Balaban J connectivity index is 1.80. The standard InChI is InChI=1S/C18H14ClN5O3/c1-2-27-18(26)22-17-20-13-6-3-9(7-14(13)21-17)15-12-8-10(19)4-5-11(12)16(25)24-23-15/h3-8H,2H2,1H3,(H,24,25)(H2,20,21,22,26). The monoisotopic (exact) mass is 383 g/mol. The average Bonchev–Trinajstić information content (AvgIpc) is 3.03. The summed E-state index contributed by atoms with van der Waals surface area (Å²) in [6, 6.07) is 10.5. The lowest BCUT2D eigenvalue weighted by atomic mass is 10.0. The zero-order chi connectivity index (χ0) is 19.0. The van der Waals surface area contributed by atoms with Gasteiger partial charge in [0.15, 0.2) is 0 Å². The van der Waals surface area contributed by atoms with Gasteiger partial charge >= 0.3 is 6.09 Å². The number of rotatable bonds is 3. The van der Waals surface area contributed by atoms with Crippen LogP contribution in [0, 0.1) is 0 Å². The van der Waals surface area contributed by atoms with E-state index in [9.17, 15) is 9.59 Å². The van der Waals surface area contributed by atoms with E-state index in [-0.39, 0.29) is 18.1 Å². The van der Waals surface area contributed by atoms with Crippen LogP contribution in [-0.2, 0) is 4.74 Å². The number of aromatic nitrogens is 4. The molecule has 4 aromatic rings. The molecule has 0 spiro atoms. The minimum atomic E-state index is -0.584. The van der Waals surface area contributed by atoms with Gasteiger partial charge in [-0.3, -0.25) is 10.1 Å². The van der Waals surface area contributed by atoms with Gasteiger partial charge in [-0.1, -0.05) is 17.7 Å². The molecule has 136 valence electrons. The molecule has 0 fully saturated rings. The number of aromatic amines is 2. The summed E-state index contributed by atoms with van der Waals surface area (Å²) in [6.45, 7) is 1.99. The van der Waals surface area contributed by atoms with Crippen LogP contribution in [-0.4, -0.2) is 32.9 Å². The van der Waals surface area contributed by atoms with Gasteiger partial charge in [0.1, 0.15) is 0 Å². The molecule has 2 aromatic heterocycles. The second kappa shape index (κ2) is 6.73. The number of hydrogen-bond donors (Lipinski definition) is 3. The molecule has 0 aliphatic carbocycles. The van der Waals surface area contributed by atoms with Gasteiger partial charge in [0.25, 0.3) is 5.56 Å². The van der Waals surface area contributed by atoms with Crippen molar-refractivity contribution in [3.8, 4) is 11.3 Å². The van der Waals surface area contributed by atoms with Crippen LogP contribution in [0.2, 0.25) is 5.02 Å². The number of nitrogens with one attached hydrogen (secondary N) is 3. The molecule has 3 N–H and O–H groups in total. The Morgan fingerprint density at radius 2 is 2.07 bits per heavy atom. The van der Waals surface area contributed by atoms with E-state index in [0.29, 0.717) is 32.5 Å². The number of ether oxygens (including phenoxy) is 1. The number of H-pyrrole nitrogens is 2. The van der Waals surface area contributed by atoms with Crippen molar-refractivity contribution in [2.45, 2.75) is 6.92 Å². The molecule has 2 aromatic carbocycles. The molecule has 0 unspecified atom stereocenters. The highest BCUT2D eigenvalue weighted by Gasteiger charge is 2.12. The Morgan fingerprint density at radius 1 is 1.22 bits per heavy atom. The fraction of sp³-hybridized carbons (Fsp3) is 0.111. The summed E-state index contributed by atoms with van der Waals surface area (Å²) in [6.07, 6.45) is -0.584. The van der Waals surface area contributed by atoms with Crippen LogP contribution in [0.5, 0.6) is 0 Å². The molecule has 0 saturated heterocycles. The number of halogens is 1. The van der Waals surface area contributed by atoms with Crippen molar-refractivity contribution in [2.75, 3.05) is 11.9 Å². The maximum absolute atomic E-state index is 12.0. The van der Waals surface area contributed by atoms with Gasteiger partial charge in [0.05, 0.1) is 28.7 Å². The second-order valence-electron chi connectivity index (χ2n) is 5.75. The number of imidazole rings is 1. The van der Waals surface area contributed by atoms with E-state index >= 15 is 0 Å². The number of benzene rings is 2. The third kappa shape index (κ3) is 3.22. The van der Waals surface area contributed by atoms with Crippen LogP contribution in [0.15, 0.2) is 41.2 Å². The van der Waals surface area contributed by atoms with E-state index in [1.54, 1.807) is 31.2 Å². The van der Waals surface area contributed by atoms with Gasteiger partial charge in [-0.05, 0) is 37.3 Å². The van der Waals surface area contributed by atoms with Crippen LogP contribution in [0.25, 0.3) is 33.1 Å². The molecule has 8 nitrogen and oxygen atoms in total. The Morgan fingerprint density at radius 3 is 2.89 bits per heavy atom. The first-order chi connectivity index (χ1) is 13.0. The number of carbonyl (C=O) groups excluding carboxylic acids is 1. The van der Waals surface area contributed by atoms with Crippen molar-refractivity contribution in [1.29, 1.82) is 0 Å². The average molecular weight is 384 g/mol. The van der Waals surface area contributed by atoms with Gasteiger partial charge in [0, 0.05) is 16.0 Å². The minimum Gasteiger partial charge on any atom is -0.450 e. The van der Waals surface area contributed by atoms with E-state index in [0.717, 1.165) is 5.56 Å². The highest BCUT2D eigenvalue weighted by Crippen LogP contribution is 2.28. The highest BCUT2D eigenvalue weighted by molar-refractivity contribution is 6.31. The molecular weight excluding hydrogens is 370 g/mol. The number of nitrogens with zero attached hydrogens (tertiary/aromatic N) is 2. The SMILES string of the molecule is CCOC(=O)Nc1nc2ccc(-c3n[nH]c(=O)c4ccc(Cl)cc34)cc2[nH]1. The van der Waals surface area contributed by atoms with Gasteiger partial charge in [-0.25, -0.2) is 14.9 Å². The van der Waals surface area contributed by atoms with Crippen molar-refractivity contribution in [1.82, 2.24) is 20.2 Å². The molecule has 27 heavy (non-hydrogen) atoms. The Kier molecular flexibility index (Phi) is 4.25. The summed E-state index contributed by atoms with van der Waals surface area (Å²) in [4.78, 5) is 30.9. The first-order valence-electron chi connectivity index (χ1n) is 8.17. The molecule has 0 aliphatic rings. The summed E-state index contributed by atoms with van der Waals surface area (Å²) < 4.78 is 4.84. The molecule has 0 saturated carbocycles. The Labute approximate surface area is 157 Å². The normalized spacial score (nSPS) is 11.0. The molecule has 0 aliphatic heterocycles. The van der Waals surface area contributed by atoms with Crippen molar-refractivity contribution in [3.05, 3.63) is 51.8 Å². The van der Waals surface area contributed by atoms with Crippen LogP contribution >= 0.6 is 11.6 Å². The topological polar surface area (TPSA) is 113 Å². The molecule has 0 atom stereocenters. The maximum atomic E-state index is 12.0. The fourth-order valence-electron chi connectivity index (χ4n) is 2.84. The quantitative estimate of drug-likeness (QED) is 0.499. The number of fused-ring (bicyclic) bond motifs is 2. The van der Waals surface area contributed by atoms with Crippen molar-refractivity contribution in [3.63, 3.8) is 0 Å². The fourth-order valence-corrected chi connectivity index (χ4v) is 3.01. The van der Waals surface area contributed by atoms with Gasteiger partial charge in [-0.15, -0.1) is 0 Å². The molecule has 9 heteroatoms. The lowest BCUT2D eigenvalue weighted by molar-refractivity contribution is 0.167. The minimum absolute atomic E-state index is 0.268. The van der Waals surface area contributed by atoms with E-state index in [1.807, 2.05) is 12.1 Å². The first kappa shape index (κ1) is 17.0. The Hall–Kier alpha value is -3.39. The number of carbonyl (C=O) groups is 1. The molecule has 0 bridgehead atoms. The third-order valence-corrected chi connectivity index (χ3v) is 4.24. The van der Waals surface area contributed by atoms with Gasteiger partial charge < -0.3 is 9.72 Å². The van der Waals surface area contributed by atoms with Crippen molar-refractivity contribution in [2.24, 2.45) is 0 Å². The molecule has 4 rings (SSSR count).